The average Bonchev–Trinajstić information content (AvgIpc) is 2.77. The summed E-state index contributed by atoms with van der Waals surface area (Å²) in [5, 5.41) is 1.23. The lowest BCUT2D eigenvalue weighted by Crippen LogP contribution is -2.36. The molecule has 0 spiro atoms. The van der Waals surface area contributed by atoms with Crippen LogP contribution in [0.15, 0.2) is 12.1 Å². The molecular weight excluding hydrogens is 230 g/mol. The number of carbonyl (C=O) groups excluding carboxylic acids is 1. The van der Waals surface area contributed by atoms with E-state index in [1.807, 2.05) is 6.07 Å². The largest absolute Gasteiger partial charge is 0.360 e. The van der Waals surface area contributed by atoms with Crippen LogP contribution in [0.25, 0.3) is 0 Å². The fourth-order valence-corrected chi connectivity index (χ4v) is 3.00. The third-order valence-electron chi connectivity index (χ3n) is 2.96. The van der Waals surface area contributed by atoms with Crippen molar-refractivity contribution >= 4 is 22.6 Å². The minimum atomic E-state index is 0.579. The summed E-state index contributed by atoms with van der Waals surface area (Å²) in [7, 11) is 0. The number of rotatable bonds is 7. The first-order valence-corrected chi connectivity index (χ1v) is 7.25. The minimum Gasteiger partial charge on any atom is -0.360 e. The molecule has 0 amide bonds. The molecule has 2 nitrogen and oxygen atoms in total. The summed E-state index contributed by atoms with van der Waals surface area (Å²) in [6.45, 7) is 10.0. The van der Waals surface area contributed by atoms with Crippen molar-refractivity contribution in [3.05, 3.63) is 17.0 Å². The maximum absolute atomic E-state index is 10.8. The molecule has 1 aromatic heterocycles. The van der Waals surface area contributed by atoms with Gasteiger partial charge in [0.1, 0.15) is 0 Å². The molecule has 0 aliphatic carbocycles. The smallest absolute Gasteiger partial charge is 0.160 e. The van der Waals surface area contributed by atoms with Gasteiger partial charge in [0.2, 0.25) is 0 Å². The molecule has 0 radical (unpaired) electrons. The number of hydrogen-bond donors (Lipinski definition) is 0. The third kappa shape index (κ3) is 3.84. The maximum atomic E-state index is 10.8. The van der Waals surface area contributed by atoms with E-state index in [0.717, 1.165) is 30.5 Å². The highest BCUT2D eigenvalue weighted by Gasteiger charge is 2.18. The van der Waals surface area contributed by atoms with Gasteiger partial charge in [0, 0.05) is 12.6 Å². The summed E-state index contributed by atoms with van der Waals surface area (Å²) in [5.74, 6) is 0.636. The zero-order chi connectivity index (χ0) is 12.8. The highest BCUT2D eigenvalue weighted by molar-refractivity contribution is 7.17. The molecule has 17 heavy (non-hydrogen) atoms. The Morgan fingerprint density at radius 2 is 1.94 bits per heavy atom. The van der Waals surface area contributed by atoms with E-state index in [1.165, 1.54) is 5.00 Å². The van der Waals surface area contributed by atoms with Gasteiger partial charge in [0.05, 0.1) is 9.88 Å². The Morgan fingerprint density at radius 1 is 1.29 bits per heavy atom. The summed E-state index contributed by atoms with van der Waals surface area (Å²) in [5.41, 5.74) is 0. The van der Waals surface area contributed by atoms with Gasteiger partial charge in [-0.25, -0.2) is 0 Å². The van der Waals surface area contributed by atoms with E-state index < -0.39 is 0 Å². The van der Waals surface area contributed by atoms with Crippen LogP contribution in [-0.2, 0) is 0 Å². The van der Waals surface area contributed by atoms with E-state index in [2.05, 4.69) is 38.7 Å². The number of nitrogens with zero attached hydrogens (tertiary/aromatic N) is 1. The summed E-state index contributed by atoms with van der Waals surface area (Å²) >= 11 is 1.60. The van der Waals surface area contributed by atoms with Crippen LogP contribution in [0.1, 0.15) is 50.2 Å². The van der Waals surface area contributed by atoms with Crippen LogP contribution in [0.5, 0.6) is 0 Å². The van der Waals surface area contributed by atoms with E-state index in [0.29, 0.717) is 12.0 Å². The average molecular weight is 253 g/mol. The van der Waals surface area contributed by atoms with Crippen molar-refractivity contribution in [3.63, 3.8) is 0 Å². The lowest BCUT2D eigenvalue weighted by atomic mass is 10.1. The Labute approximate surface area is 109 Å². The zero-order valence-electron chi connectivity index (χ0n) is 11.3. The van der Waals surface area contributed by atoms with Crippen molar-refractivity contribution < 1.29 is 4.79 Å². The van der Waals surface area contributed by atoms with Gasteiger partial charge in [0.15, 0.2) is 6.29 Å². The molecule has 3 heteroatoms. The molecule has 0 aliphatic rings. The van der Waals surface area contributed by atoms with Crippen molar-refractivity contribution in [2.75, 3.05) is 11.4 Å². The lowest BCUT2D eigenvalue weighted by molar-refractivity contribution is 0.112. The molecule has 1 rings (SSSR count). The van der Waals surface area contributed by atoms with E-state index >= 15 is 0 Å². The maximum Gasteiger partial charge on any atom is 0.160 e. The SMILES string of the molecule is CCC(CC)N(CC(C)C)c1ccc(C=O)s1. The second kappa shape index (κ2) is 6.80. The minimum absolute atomic E-state index is 0.579. The monoisotopic (exact) mass is 253 g/mol. The Kier molecular flexibility index (Phi) is 5.69. The lowest BCUT2D eigenvalue weighted by Gasteiger charge is -2.32. The van der Waals surface area contributed by atoms with Crippen LogP contribution in [0, 0.1) is 5.92 Å². The van der Waals surface area contributed by atoms with Crippen molar-refractivity contribution in [1.82, 2.24) is 0 Å². The molecule has 0 saturated heterocycles. The number of anilines is 1. The molecule has 0 N–H and O–H groups in total. The topological polar surface area (TPSA) is 20.3 Å². The molecule has 0 unspecified atom stereocenters. The number of aldehydes is 1. The summed E-state index contributed by atoms with van der Waals surface area (Å²) in [4.78, 5) is 14.0. The van der Waals surface area contributed by atoms with Crippen molar-refractivity contribution in [1.29, 1.82) is 0 Å². The fraction of sp³-hybridized carbons (Fsp3) is 0.643. The first-order chi connectivity index (χ1) is 8.12. The number of hydrogen-bond acceptors (Lipinski definition) is 3. The van der Waals surface area contributed by atoms with Gasteiger partial charge in [-0.05, 0) is 30.9 Å². The Morgan fingerprint density at radius 3 is 2.35 bits per heavy atom. The molecular formula is C14H23NOS. The van der Waals surface area contributed by atoms with E-state index in [1.54, 1.807) is 11.3 Å². The van der Waals surface area contributed by atoms with Crippen LogP contribution in [0.4, 0.5) is 5.00 Å². The van der Waals surface area contributed by atoms with E-state index in [4.69, 9.17) is 0 Å². The highest BCUT2D eigenvalue weighted by atomic mass is 32.1. The Bertz CT molecular complexity index is 342. The molecule has 1 heterocycles. The van der Waals surface area contributed by atoms with Crippen LogP contribution in [-0.4, -0.2) is 18.9 Å². The zero-order valence-corrected chi connectivity index (χ0v) is 12.1. The van der Waals surface area contributed by atoms with Crippen molar-refractivity contribution in [3.8, 4) is 0 Å². The summed E-state index contributed by atoms with van der Waals surface area (Å²) in [6, 6.07) is 4.58. The van der Waals surface area contributed by atoms with Gasteiger partial charge in [-0.15, -0.1) is 11.3 Å². The normalized spacial score (nSPS) is 11.2. The summed E-state index contributed by atoms with van der Waals surface area (Å²) < 4.78 is 0. The summed E-state index contributed by atoms with van der Waals surface area (Å²) in [6.07, 6.45) is 3.24. The second-order valence-electron chi connectivity index (χ2n) is 4.81. The van der Waals surface area contributed by atoms with Gasteiger partial charge in [0.25, 0.3) is 0 Å². The molecule has 0 bridgehead atoms. The Hall–Kier alpha value is -0.830. The van der Waals surface area contributed by atoms with Crippen molar-refractivity contribution in [2.24, 2.45) is 5.92 Å². The van der Waals surface area contributed by atoms with Gasteiger partial charge in [-0.2, -0.15) is 0 Å². The molecule has 96 valence electrons. The van der Waals surface area contributed by atoms with Gasteiger partial charge in [-0.3, -0.25) is 4.79 Å². The molecule has 0 fully saturated rings. The molecule has 0 aliphatic heterocycles. The van der Waals surface area contributed by atoms with Crippen molar-refractivity contribution in [2.45, 2.75) is 46.6 Å². The molecule has 0 atom stereocenters. The predicted molar refractivity (Wildman–Crippen MR) is 76.3 cm³/mol. The van der Waals surface area contributed by atoms with Gasteiger partial charge in [-0.1, -0.05) is 27.7 Å². The quantitative estimate of drug-likeness (QED) is 0.678. The standard InChI is InChI=1S/C14H23NOS/c1-5-12(6-2)15(9-11(3)4)14-8-7-13(10-16)17-14/h7-8,10-12H,5-6,9H2,1-4H3. The number of carbonyl (C=O) groups is 1. The predicted octanol–water partition coefficient (Wildman–Crippen LogP) is 4.21. The number of thiophene rings is 1. The molecule has 1 aromatic rings. The first-order valence-electron chi connectivity index (χ1n) is 6.44. The van der Waals surface area contributed by atoms with Crippen LogP contribution >= 0.6 is 11.3 Å². The van der Waals surface area contributed by atoms with E-state index in [9.17, 15) is 4.79 Å². The van der Waals surface area contributed by atoms with Crippen LogP contribution in [0.3, 0.4) is 0 Å². The Balaban J connectivity index is 2.91. The third-order valence-corrected chi connectivity index (χ3v) is 4.00. The van der Waals surface area contributed by atoms with Gasteiger partial charge < -0.3 is 4.90 Å². The molecule has 0 aromatic carbocycles. The van der Waals surface area contributed by atoms with Gasteiger partial charge >= 0.3 is 0 Å². The molecule has 0 saturated carbocycles. The fourth-order valence-electron chi connectivity index (χ4n) is 2.10. The van der Waals surface area contributed by atoms with Crippen LogP contribution < -0.4 is 4.90 Å². The second-order valence-corrected chi connectivity index (χ2v) is 5.90. The first kappa shape index (κ1) is 14.2. The van der Waals surface area contributed by atoms with E-state index in [-0.39, 0.29) is 0 Å². The highest BCUT2D eigenvalue weighted by Crippen LogP contribution is 2.29. The van der Waals surface area contributed by atoms with Crippen LogP contribution in [0.2, 0.25) is 0 Å².